The van der Waals surface area contributed by atoms with Gasteiger partial charge in [0.15, 0.2) is 11.5 Å². The molecule has 1 aromatic carbocycles. The Labute approximate surface area is 234 Å². The highest BCUT2D eigenvalue weighted by Crippen LogP contribution is 2.30. The number of methoxy groups -OCH3 is 2. The van der Waals surface area contributed by atoms with E-state index in [0.717, 1.165) is 36.2 Å². The van der Waals surface area contributed by atoms with Crippen molar-refractivity contribution in [2.45, 2.75) is 58.9 Å². The van der Waals surface area contributed by atoms with Crippen LogP contribution in [-0.4, -0.2) is 48.8 Å². The van der Waals surface area contributed by atoms with Gasteiger partial charge in [0, 0.05) is 24.2 Å². The highest BCUT2D eigenvalue weighted by Gasteiger charge is 2.22. The fraction of sp³-hybridized carbons (Fsp3) is 0.433. The number of thiazole rings is 1. The van der Waals surface area contributed by atoms with E-state index in [0.29, 0.717) is 47.3 Å². The number of nitrogens with one attached hydrogen (secondary N) is 1. The van der Waals surface area contributed by atoms with Gasteiger partial charge < -0.3 is 24.1 Å². The molecule has 0 fully saturated rings. The lowest BCUT2D eigenvalue weighted by atomic mass is 9.97. The number of aromatic nitrogens is 2. The number of hydrogen-bond donors (Lipinski definition) is 1. The molecule has 9 heteroatoms. The Hall–Kier alpha value is -3.59. The van der Waals surface area contributed by atoms with E-state index in [1.165, 1.54) is 29.8 Å². The Balaban J connectivity index is 1.58. The Kier molecular flexibility index (Phi) is 9.81. The molecule has 0 unspecified atom stereocenters. The third-order valence-electron chi connectivity index (χ3n) is 7.02. The zero-order valence-electron chi connectivity index (χ0n) is 23.2. The molecule has 4 rings (SSSR count). The minimum absolute atomic E-state index is 0.101. The second-order valence-corrected chi connectivity index (χ2v) is 10.4. The maximum atomic E-state index is 13.3. The van der Waals surface area contributed by atoms with E-state index in [4.69, 9.17) is 14.2 Å². The summed E-state index contributed by atoms with van der Waals surface area (Å²) in [5, 5.41) is 5.24. The standard InChI is InChI=1S/C30H37N3O5S/c1-5-38-30(35)29-32-24(19-39-29)25-18-23(28(34)31-15-13-21-9-7-6-8-10-21)20(2)33(25)16-14-22-11-12-26(36-3)27(17-22)37-4/h9,11-12,17-19H,5-8,10,13-16H2,1-4H3,(H,31,34). The van der Waals surface area contributed by atoms with Crippen molar-refractivity contribution in [2.24, 2.45) is 0 Å². The third kappa shape index (κ3) is 6.89. The summed E-state index contributed by atoms with van der Waals surface area (Å²) in [5.74, 6) is 0.807. The maximum absolute atomic E-state index is 13.3. The predicted molar refractivity (Wildman–Crippen MR) is 153 cm³/mol. The smallest absolute Gasteiger partial charge is 0.367 e. The zero-order chi connectivity index (χ0) is 27.8. The van der Waals surface area contributed by atoms with Gasteiger partial charge in [-0.2, -0.15) is 0 Å². The Morgan fingerprint density at radius 3 is 2.64 bits per heavy atom. The molecule has 0 spiro atoms. The van der Waals surface area contributed by atoms with Crippen LogP contribution in [0.4, 0.5) is 0 Å². The maximum Gasteiger partial charge on any atom is 0.367 e. The summed E-state index contributed by atoms with van der Waals surface area (Å²) in [5.41, 5.74) is 5.40. The topological polar surface area (TPSA) is 91.7 Å². The van der Waals surface area contributed by atoms with Crippen molar-refractivity contribution in [1.29, 1.82) is 0 Å². The average molecular weight is 552 g/mol. The van der Waals surface area contributed by atoms with Crippen molar-refractivity contribution in [3.8, 4) is 22.9 Å². The van der Waals surface area contributed by atoms with E-state index in [1.807, 2.05) is 36.6 Å². The first kappa shape index (κ1) is 28.4. The van der Waals surface area contributed by atoms with Crippen LogP contribution in [0, 0.1) is 6.92 Å². The molecular weight excluding hydrogens is 514 g/mol. The van der Waals surface area contributed by atoms with Gasteiger partial charge in [0.25, 0.3) is 5.91 Å². The molecule has 0 radical (unpaired) electrons. The number of ether oxygens (including phenoxy) is 3. The van der Waals surface area contributed by atoms with Gasteiger partial charge in [-0.1, -0.05) is 17.7 Å². The molecule has 2 heterocycles. The van der Waals surface area contributed by atoms with E-state index in [-0.39, 0.29) is 12.5 Å². The average Bonchev–Trinajstić information content (AvgIpc) is 3.57. The lowest BCUT2D eigenvalue weighted by Crippen LogP contribution is -2.25. The number of allylic oxidation sites excluding steroid dienone is 1. The molecule has 0 bridgehead atoms. The van der Waals surface area contributed by atoms with Crippen LogP contribution in [0.15, 0.2) is 41.3 Å². The van der Waals surface area contributed by atoms with Gasteiger partial charge in [0.1, 0.15) is 0 Å². The minimum Gasteiger partial charge on any atom is -0.493 e. The second kappa shape index (κ2) is 13.5. The van der Waals surface area contributed by atoms with Crippen LogP contribution in [0.25, 0.3) is 11.4 Å². The van der Waals surface area contributed by atoms with E-state index >= 15 is 0 Å². The van der Waals surface area contributed by atoms with Crippen LogP contribution in [0.1, 0.15) is 70.4 Å². The molecule has 39 heavy (non-hydrogen) atoms. The van der Waals surface area contributed by atoms with Gasteiger partial charge in [-0.15, -0.1) is 11.3 Å². The number of esters is 1. The minimum atomic E-state index is -0.441. The van der Waals surface area contributed by atoms with Crippen LogP contribution < -0.4 is 14.8 Å². The second-order valence-electron chi connectivity index (χ2n) is 9.49. The molecule has 0 saturated heterocycles. The number of rotatable bonds is 12. The van der Waals surface area contributed by atoms with Crippen LogP contribution in [0.2, 0.25) is 0 Å². The van der Waals surface area contributed by atoms with Gasteiger partial charge in [-0.3, -0.25) is 4.79 Å². The Bertz CT molecular complexity index is 1340. The van der Waals surface area contributed by atoms with E-state index in [2.05, 4.69) is 20.9 Å². The van der Waals surface area contributed by atoms with Gasteiger partial charge in [-0.05, 0) is 76.1 Å². The summed E-state index contributed by atoms with van der Waals surface area (Å²) in [4.78, 5) is 30.1. The predicted octanol–water partition coefficient (Wildman–Crippen LogP) is 5.98. The third-order valence-corrected chi connectivity index (χ3v) is 7.84. The van der Waals surface area contributed by atoms with Crippen LogP contribution in [0.3, 0.4) is 0 Å². The molecule has 0 aliphatic heterocycles. The van der Waals surface area contributed by atoms with Crippen molar-refractivity contribution in [3.63, 3.8) is 0 Å². The number of amides is 1. The summed E-state index contributed by atoms with van der Waals surface area (Å²) in [7, 11) is 3.24. The normalized spacial score (nSPS) is 13.1. The van der Waals surface area contributed by atoms with Crippen molar-refractivity contribution in [1.82, 2.24) is 14.9 Å². The van der Waals surface area contributed by atoms with Gasteiger partial charge in [0.05, 0.1) is 37.8 Å². The van der Waals surface area contributed by atoms with E-state index < -0.39 is 5.97 Å². The van der Waals surface area contributed by atoms with Gasteiger partial charge in [-0.25, -0.2) is 9.78 Å². The Morgan fingerprint density at radius 2 is 1.92 bits per heavy atom. The first-order chi connectivity index (χ1) is 18.9. The van der Waals surface area contributed by atoms with Crippen LogP contribution in [-0.2, 0) is 17.7 Å². The summed E-state index contributed by atoms with van der Waals surface area (Å²) < 4.78 is 18.1. The molecule has 1 amide bonds. The highest BCUT2D eigenvalue weighted by molar-refractivity contribution is 7.11. The molecule has 0 atom stereocenters. The zero-order valence-corrected chi connectivity index (χ0v) is 24.0. The van der Waals surface area contributed by atoms with Gasteiger partial charge >= 0.3 is 5.97 Å². The van der Waals surface area contributed by atoms with Crippen LogP contribution in [0.5, 0.6) is 11.5 Å². The fourth-order valence-corrected chi connectivity index (χ4v) is 5.60. The number of aryl methyl sites for hydroxylation is 1. The monoisotopic (exact) mass is 551 g/mol. The molecule has 8 nitrogen and oxygen atoms in total. The largest absolute Gasteiger partial charge is 0.493 e. The molecule has 1 N–H and O–H groups in total. The molecule has 3 aromatic rings. The molecule has 2 aromatic heterocycles. The summed E-state index contributed by atoms with van der Waals surface area (Å²) in [6, 6.07) is 7.75. The number of carbonyl (C=O) groups is 2. The lowest BCUT2D eigenvalue weighted by Gasteiger charge is -2.14. The van der Waals surface area contributed by atoms with Crippen molar-refractivity contribution < 1.29 is 23.8 Å². The number of nitrogens with zero attached hydrogens (tertiary/aromatic N) is 2. The Morgan fingerprint density at radius 1 is 1.10 bits per heavy atom. The van der Waals surface area contributed by atoms with Gasteiger partial charge in [0.2, 0.25) is 5.01 Å². The van der Waals surface area contributed by atoms with E-state index in [1.54, 1.807) is 21.1 Å². The number of hydrogen-bond acceptors (Lipinski definition) is 7. The molecular formula is C30H37N3O5S. The first-order valence-electron chi connectivity index (χ1n) is 13.4. The first-order valence-corrected chi connectivity index (χ1v) is 14.3. The quantitative estimate of drug-likeness (QED) is 0.220. The molecule has 1 aliphatic rings. The summed E-state index contributed by atoms with van der Waals surface area (Å²) in [6.45, 7) is 5.24. The van der Waals surface area contributed by atoms with E-state index in [9.17, 15) is 9.59 Å². The lowest BCUT2D eigenvalue weighted by molar-refractivity contribution is 0.0526. The number of carbonyl (C=O) groups excluding carboxylic acids is 2. The van der Waals surface area contributed by atoms with Crippen molar-refractivity contribution >= 4 is 23.2 Å². The van der Waals surface area contributed by atoms with Crippen LogP contribution >= 0.6 is 11.3 Å². The molecule has 208 valence electrons. The SMILES string of the molecule is CCOC(=O)c1nc(-c2cc(C(=O)NCCC3=CCCCC3)c(C)n2CCc2ccc(OC)c(OC)c2)cs1. The fourth-order valence-electron chi connectivity index (χ4n) is 4.89. The van der Waals surface area contributed by atoms with Crippen molar-refractivity contribution in [3.05, 3.63) is 63.1 Å². The van der Waals surface area contributed by atoms with Crippen molar-refractivity contribution in [2.75, 3.05) is 27.4 Å². The molecule has 1 aliphatic carbocycles. The highest BCUT2D eigenvalue weighted by atomic mass is 32.1. The molecule has 0 saturated carbocycles. The number of benzene rings is 1. The summed E-state index contributed by atoms with van der Waals surface area (Å²) in [6.07, 6.45) is 8.64. The summed E-state index contributed by atoms with van der Waals surface area (Å²) >= 11 is 1.24.